The number of piperazine rings is 1. The minimum atomic E-state index is 0.165. The van der Waals surface area contributed by atoms with Crippen molar-refractivity contribution in [2.24, 2.45) is 0 Å². The Morgan fingerprint density at radius 2 is 1.68 bits per heavy atom. The highest BCUT2D eigenvalue weighted by Crippen LogP contribution is 2.29. The fourth-order valence-corrected chi connectivity index (χ4v) is 3.32. The van der Waals surface area contributed by atoms with E-state index < -0.39 is 0 Å². The number of hydrogen-bond donors (Lipinski definition) is 1. The first kappa shape index (κ1) is 17.9. The van der Waals surface area contributed by atoms with Gasteiger partial charge in [-0.05, 0) is 24.3 Å². The summed E-state index contributed by atoms with van der Waals surface area (Å²) in [6, 6.07) is 15.7. The Balaban J connectivity index is 1.44. The van der Waals surface area contributed by atoms with Crippen molar-refractivity contribution < 1.29 is 4.79 Å². The Morgan fingerprint density at radius 3 is 2.40 bits per heavy atom. The number of para-hydroxylation sites is 1. The molecule has 0 saturated carbocycles. The van der Waals surface area contributed by atoms with Gasteiger partial charge < -0.3 is 15.1 Å². The van der Waals surface area contributed by atoms with E-state index in [1.807, 2.05) is 35.2 Å². The molecule has 1 N–H and O–H groups in total. The standard InChI is InChI=1S/C19H21Cl2N3O/c20-16-7-4-8-17(19(16)21)22-10-9-18(25)24-13-11-23(12-14-24)15-5-2-1-3-6-15/h1-8,22H,9-14H2. The van der Waals surface area contributed by atoms with Gasteiger partial charge in [-0.1, -0.05) is 47.5 Å². The fraction of sp³-hybridized carbons (Fsp3) is 0.316. The van der Waals surface area contributed by atoms with Gasteiger partial charge >= 0.3 is 0 Å². The van der Waals surface area contributed by atoms with Crippen molar-refractivity contribution in [1.29, 1.82) is 0 Å². The molecular formula is C19H21Cl2N3O. The maximum Gasteiger partial charge on any atom is 0.224 e. The Kier molecular flexibility index (Phi) is 6.05. The van der Waals surface area contributed by atoms with Crippen LogP contribution in [0.25, 0.3) is 0 Å². The van der Waals surface area contributed by atoms with Gasteiger partial charge in [-0.15, -0.1) is 0 Å². The molecule has 6 heteroatoms. The van der Waals surface area contributed by atoms with E-state index in [0.717, 1.165) is 31.9 Å². The van der Waals surface area contributed by atoms with E-state index in [0.29, 0.717) is 23.0 Å². The second-order valence-corrected chi connectivity index (χ2v) is 6.77. The molecule has 0 radical (unpaired) electrons. The van der Waals surface area contributed by atoms with Crippen molar-refractivity contribution in [2.45, 2.75) is 6.42 Å². The summed E-state index contributed by atoms with van der Waals surface area (Å²) in [5, 5.41) is 4.19. The zero-order valence-corrected chi connectivity index (χ0v) is 15.4. The summed E-state index contributed by atoms with van der Waals surface area (Å²) in [6.45, 7) is 3.78. The topological polar surface area (TPSA) is 35.6 Å². The van der Waals surface area contributed by atoms with Crippen molar-refractivity contribution in [3.63, 3.8) is 0 Å². The van der Waals surface area contributed by atoms with Gasteiger partial charge in [0.2, 0.25) is 5.91 Å². The third-order valence-corrected chi connectivity index (χ3v) is 5.18. The SMILES string of the molecule is O=C(CCNc1cccc(Cl)c1Cl)N1CCN(c2ccccc2)CC1. The second-order valence-electron chi connectivity index (χ2n) is 5.98. The number of benzene rings is 2. The molecule has 0 unspecified atom stereocenters. The quantitative estimate of drug-likeness (QED) is 0.849. The van der Waals surface area contributed by atoms with Crippen LogP contribution in [0.5, 0.6) is 0 Å². The minimum absolute atomic E-state index is 0.165. The van der Waals surface area contributed by atoms with Crippen LogP contribution in [0.4, 0.5) is 11.4 Å². The van der Waals surface area contributed by atoms with E-state index in [4.69, 9.17) is 23.2 Å². The molecule has 3 rings (SSSR count). The van der Waals surface area contributed by atoms with E-state index in [-0.39, 0.29) is 5.91 Å². The van der Waals surface area contributed by atoms with Crippen LogP contribution in [0.2, 0.25) is 10.0 Å². The number of anilines is 2. The molecule has 0 atom stereocenters. The van der Waals surface area contributed by atoms with Crippen LogP contribution < -0.4 is 10.2 Å². The number of carbonyl (C=O) groups is 1. The number of nitrogens with zero attached hydrogens (tertiary/aromatic N) is 2. The van der Waals surface area contributed by atoms with Crippen LogP contribution in [0, 0.1) is 0 Å². The number of halogens is 2. The van der Waals surface area contributed by atoms with Crippen LogP contribution in [-0.2, 0) is 4.79 Å². The molecule has 4 nitrogen and oxygen atoms in total. The lowest BCUT2D eigenvalue weighted by Gasteiger charge is -2.36. The molecule has 0 spiro atoms. The molecular weight excluding hydrogens is 357 g/mol. The van der Waals surface area contributed by atoms with Crippen molar-refractivity contribution in [1.82, 2.24) is 4.90 Å². The second kappa shape index (κ2) is 8.45. The summed E-state index contributed by atoms with van der Waals surface area (Å²) in [5.41, 5.74) is 1.97. The van der Waals surface area contributed by atoms with Crippen LogP contribution >= 0.6 is 23.2 Å². The van der Waals surface area contributed by atoms with Gasteiger partial charge in [0.1, 0.15) is 0 Å². The molecule has 0 bridgehead atoms. The monoisotopic (exact) mass is 377 g/mol. The number of amides is 1. The van der Waals surface area contributed by atoms with Gasteiger partial charge in [-0.2, -0.15) is 0 Å². The van der Waals surface area contributed by atoms with E-state index in [2.05, 4.69) is 22.3 Å². The highest BCUT2D eigenvalue weighted by molar-refractivity contribution is 6.43. The molecule has 2 aromatic carbocycles. The van der Waals surface area contributed by atoms with Gasteiger partial charge in [0.15, 0.2) is 0 Å². The van der Waals surface area contributed by atoms with Gasteiger partial charge in [0, 0.05) is 44.8 Å². The molecule has 0 aliphatic carbocycles. The van der Waals surface area contributed by atoms with Crippen molar-refractivity contribution >= 4 is 40.5 Å². The van der Waals surface area contributed by atoms with Gasteiger partial charge in [-0.3, -0.25) is 4.79 Å². The highest BCUT2D eigenvalue weighted by atomic mass is 35.5. The third-order valence-electron chi connectivity index (χ3n) is 4.36. The molecule has 1 fully saturated rings. The van der Waals surface area contributed by atoms with Crippen LogP contribution in [0.15, 0.2) is 48.5 Å². The molecule has 25 heavy (non-hydrogen) atoms. The highest BCUT2D eigenvalue weighted by Gasteiger charge is 2.20. The zero-order chi connectivity index (χ0) is 17.6. The first-order valence-corrected chi connectivity index (χ1v) is 9.16. The molecule has 132 valence electrons. The Labute approximate surface area is 158 Å². The largest absolute Gasteiger partial charge is 0.383 e. The summed E-state index contributed by atoms with van der Waals surface area (Å²) in [4.78, 5) is 16.6. The Morgan fingerprint density at radius 1 is 0.960 bits per heavy atom. The summed E-state index contributed by atoms with van der Waals surface area (Å²) < 4.78 is 0. The molecule has 1 aliphatic rings. The lowest BCUT2D eigenvalue weighted by molar-refractivity contribution is -0.131. The van der Waals surface area contributed by atoms with Crippen LogP contribution in [-0.4, -0.2) is 43.5 Å². The smallest absolute Gasteiger partial charge is 0.224 e. The summed E-state index contributed by atoms with van der Waals surface area (Å²) in [6.07, 6.45) is 0.439. The normalized spacial score (nSPS) is 14.5. The van der Waals surface area contributed by atoms with Crippen LogP contribution in [0.3, 0.4) is 0 Å². The fourth-order valence-electron chi connectivity index (χ4n) is 2.96. The van der Waals surface area contributed by atoms with Gasteiger partial charge in [-0.25, -0.2) is 0 Å². The predicted octanol–water partition coefficient (Wildman–Crippen LogP) is 4.14. The van der Waals surface area contributed by atoms with E-state index in [1.54, 1.807) is 6.07 Å². The first-order valence-electron chi connectivity index (χ1n) is 8.41. The maximum absolute atomic E-state index is 12.4. The average Bonchev–Trinajstić information content (AvgIpc) is 2.66. The zero-order valence-electron chi connectivity index (χ0n) is 13.9. The molecule has 1 saturated heterocycles. The number of carbonyl (C=O) groups excluding carboxylic acids is 1. The lowest BCUT2D eigenvalue weighted by Crippen LogP contribution is -2.49. The Bertz CT molecular complexity index is 716. The first-order chi connectivity index (χ1) is 12.1. The molecule has 1 heterocycles. The Hall–Kier alpha value is -1.91. The number of hydrogen-bond acceptors (Lipinski definition) is 3. The molecule has 2 aromatic rings. The van der Waals surface area contributed by atoms with E-state index in [1.165, 1.54) is 5.69 Å². The maximum atomic E-state index is 12.4. The van der Waals surface area contributed by atoms with E-state index in [9.17, 15) is 4.79 Å². The number of nitrogens with one attached hydrogen (secondary N) is 1. The minimum Gasteiger partial charge on any atom is -0.383 e. The summed E-state index contributed by atoms with van der Waals surface area (Å²) in [5.74, 6) is 0.165. The molecule has 1 aliphatic heterocycles. The van der Waals surface area contributed by atoms with Crippen molar-refractivity contribution in [3.05, 3.63) is 58.6 Å². The lowest BCUT2D eigenvalue weighted by atomic mass is 10.2. The third kappa shape index (κ3) is 4.59. The predicted molar refractivity (Wildman–Crippen MR) is 105 cm³/mol. The summed E-state index contributed by atoms with van der Waals surface area (Å²) >= 11 is 12.1. The summed E-state index contributed by atoms with van der Waals surface area (Å²) in [7, 11) is 0. The van der Waals surface area contributed by atoms with Crippen molar-refractivity contribution in [3.8, 4) is 0 Å². The molecule has 0 aromatic heterocycles. The van der Waals surface area contributed by atoms with E-state index >= 15 is 0 Å². The average molecular weight is 378 g/mol. The van der Waals surface area contributed by atoms with Gasteiger partial charge in [0.25, 0.3) is 0 Å². The van der Waals surface area contributed by atoms with Crippen LogP contribution in [0.1, 0.15) is 6.42 Å². The van der Waals surface area contributed by atoms with Gasteiger partial charge in [0.05, 0.1) is 15.7 Å². The molecule has 1 amide bonds. The number of rotatable bonds is 5. The van der Waals surface area contributed by atoms with Crippen molar-refractivity contribution in [2.75, 3.05) is 42.9 Å².